The first-order chi connectivity index (χ1) is 9.18. The predicted molar refractivity (Wildman–Crippen MR) is 74.2 cm³/mol. The highest BCUT2D eigenvalue weighted by molar-refractivity contribution is 7.86. The molecule has 0 aliphatic carbocycles. The minimum atomic E-state index is -3.82. The van der Waals surface area contributed by atoms with Gasteiger partial charge < -0.3 is 9.84 Å². The fourth-order valence-corrected chi connectivity index (χ4v) is 3.93. The third kappa shape index (κ3) is 3.30. The zero-order chi connectivity index (χ0) is 15.6. The number of hydrogen-bond acceptors (Lipinski definition) is 5. The van der Waals surface area contributed by atoms with E-state index in [0.29, 0.717) is 12.8 Å². The monoisotopic (exact) mass is 308 g/mol. The summed E-state index contributed by atoms with van der Waals surface area (Å²) in [5, 5.41) is 9.31. The minimum absolute atomic E-state index is 0.223. The van der Waals surface area contributed by atoms with E-state index < -0.39 is 27.8 Å². The third-order valence-corrected chi connectivity index (χ3v) is 5.86. The van der Waals surface area contributed by atoms with E-state index in [0.717, 1.165) is 4.31 Å². The van der Waals surface area contributed by atoms with Crippen molar-refractivity contribution < 1.29 is 23.1 Å². The van der Waals surface area contributed by atoms with E-state index >= 15 is 0 Å². The van der Waals surface area contributed by atoms with Crippen LogP contribution in [0, 0.1) is 0 Å². The lowest BCUT2D eigenvalue weighted by Gasteiger charge is -2.36. The molecular formula is C12H24N2O5S. The SMILES string of the molecule is CCOC(=O)C1CCCN1S(=O)(=O)N(C)C(C)(C)CO. The van der Waals surface area contributed by atoms with E-state index in [-0.39, 0.29) is 19.8 Å². The summed E-state index contributed by atoms with van der Waals surface area (Å²) in [6, 6.07) is -0.767. The van der Waals surface area contributed by atoms with Crippen molar-refractivity contribution in [1.82, 2.24) is 8.61 Å². The molecule has 0 bridgehead atoms. The van der Waals surface area contributed by atoms with Gasteiger partial charge in [0, 0.05) is 13.6 Å². The number of nitrogens with zero attached hydrogens (tertiary/aromatic N) is 2. The highest BCUT2D eigenvalue weighted by atomic mass is 32.2. The molecule has 0 amide bonds. The molecule has 8 heteroatoms. The predicted octanol–water partition coefficient (Wildman–Crippen LogP) is -0.0386. The van der Waals surface area contributed by atoms with Crippen LogP contribution in [0.15, 0.2) is 0 Å². The molecule has 0 saturated carbocycles. The Morgan fingerprint density at radius 2 is 2.10 bits per heavy atom. The second-order valence-electron chi connectivity index (χ2n) is 5.47. The van der Waals surface area contributed by atoms with Crippen LogP contribution in [-0.4, -0.2) is 66.5 Å². The smallest absolute Gasteiger partial charge is 0.324 e. The summed E-state index contributed by atoms with van der Waals surface area (Å²) in [6.07, 6.45) is 1.08. The molecule has 0 aromatic carbocycles. The molecule has 0 aromatic rings. The molecule has 1 saturated heterocycles. The summed E-state index contributed by atoms with van der Waals surface area (Å²) in [5.41, 5.74) is -0.930. The zero-order valence-corrected chi connectivity index (χ0v) is 13.3. The topological polar surface area (TPSA) is 87.2 Å². The average Bonchev–Trinajstić information content (AvgIpc) is 2.88. The van der Waals surface area contributed by atoms with Crippen molar-refractivity contribution in [3.63, 3.8) is 0 Å². The summed E-state index contributed by atoms with van der Waals surface area (Å²) < 4.78 is 32.4. The first-order valence-electron chi connectivity index (χ1n) is 6.71. The zero-order valence-electron chi connectivity index (χ0n) is 12.5. The van der Waals surface area contributed by atoms with Gasteiger partial charge in [-0.3, -0.25) is 4.79 Å². The molecule has 20 heavy (non-hydrogen) atoms. The van der Waals surface area contributed by atoms with Crippen LogP contribution >= 0.6 is 0 Å². The van der Waals surface area contributed by atoms with Crippen LogP contribution in [0.3, 0.4) is 0 Å². The Morgan fingerprint density at radius 3 is 2.60 bits per heavy atom. The van der Waals surface area contributed by atoms with E-state index in [1.807, 2.05) is 0 Å². The van der Waals surface area contributed by atoms with Crippen LogP contribution in [0.4, 0.5) is 0 Å². The number of esters is 1. The molecule has 1 heterocycles. The molecule has 0 spiro atoms. The molecule has 7 nitrogen and oxygen atoms in total. The van der Waals surface area contributed by atoms with Gasteiger partial charge in [0.05, 0.1) is 18.8 Å². The first-order valence-corrected chi connectivity index (χ1v) is 8.11. The van der Waals surface area contributed by atoms with Gasteiger partial charge in [0.1, 0.15) is 6.04 Å². The number of carbonyl (C=O) groups is 1. The van der Waals surface area contributed by atoms with Gasteiger partial charge >= 0.3 is 5.97 Å². The fourth-order valence-electron chi connectivity index (χ4n) is 2.06. The van der Waals surface area contributed by atoms with Crippen molar-refractivity contribution in [2.45, 2.75) is 45.2 Å². The fraction of sp³-hybridized carbons (Fsp3) is 0.917. The molecule has 118 valence electrons. The number of rotatable bonds is 6. The van der Waals surface area contributed by atoms with Gasteiger partial charge in [-0.15, -0.1) is 0 Å². The molecule has 0 aromatic heterocycles. The highest BCUT2D eigenvalue weighted by Gasteiger charge is 2.44. The van der Waals surface area contributed by atoms with Gasteiger partial charge in [-0.25, -0.2) is 0 Å². The molecular weight excluding hydrogens is 284 g/mol. The molecule has 1 unspecified atom stereocenters. The summed E-state index contributed by atoms with van der Waals surface area (Å²) in [6.45, 7) is 5.15. The molecule has 1 aliphatic heterocycles. The van der Waals surface area contributed by atoms with Crippen molar-refractivity contribution in [3.05, 3.63) is 0 Å². The number of carbonyl (C=O) groups excluding carboxylic acids is 1. The number of aliphatic hydroxyl groups excluding tert-OH is 1. The minimum Gasteiger partial charge on any atom is -0.465 e. The maximum Gasteiger partial charge on any atom is 0.324 e. The highest BCUT2D eigenvalue weighted by Crippen LogP contribution is 2.27. The third-order valence-electron chi connectivity index (χ3n) is 3.64. The number of hydrogen-bond donors (Lipinski definition) is 1. The molecule has 0 radical (unpaired) electrons. The summed E-state index contributed by atoms with van der Waals surface area (Å²) >= 11 is 0. The molecule has 1 atom stereocenters. The Morgan fingerprint density at radius 1 is 1.50 bits per heavy atom. The summed E-state index contributed by atoms with van der Waals surface area (Å²) in [4.78, 5) is 11.8. The van der Waals surface area contributed by atoms with Crippen LogP contribution in [0.2, 0.25) is 0 Å². The number of ether oxygens (including phenoxy) is 1. The van der Waals surface area contributed by atoms with Gasteiger partial charge in [-0.1, -0.05) is 0 Å². The van der Waals surface area contributed by atoms with Crippen molar-refractivity contribution in [2.75, 3.05) is 26.8 Å². The largest absolute Gasteiger partial charge is 0.465 e. The van der Waals surface area contributed by atoms with Crippen LogP contribution in [0.1, 0.15) is 33.6 Å². The lowest BCUT2D eigenvalue weighted by atomic mass is 10.1. The second-order valence-corrected chi connectivity index (χ2v) is 7.38. The van der Waals surface area contributed by atoms with Crippen molar-refractivity contribution in [2.24, 2.45) is 0 Å². The Kier molecular flexibility index (Phi) is 5.54. The van der Waals surface area contributed by atoms with Gasteiger partial charge in [-0.2, -0.15) is 17.0 Å². The van der Waals surface area contributed by atoms with Crippen LogP contribution < -0.4 is 0 Å². The maximum absolute atomic E-state index is 12.6. The second kappa shape index (κ2) is 6.38. The Balaban J connectivity index is 2.99. The lowest BCUT2D eigenvalue weighted by molar-refractivity contribution is -0.147. The van der Waals surface area contributed by atoms with Crippen molar-refractivity contribution in [3.8, 4) is 0 Å². The van der Waals surface area contributed by atoms with E-state index in [2.05, 4.69) is 0 Å². The van der Waals surface area contributed by atoms with Gasteiger partial charge in [0.15, 0.2) is 0 Å². The Hall–Kier alpha value is -0.700. The molecule has 1 N–H and O–H groups in total. The van der Waals surface area contributed by atoms with E-state index in [4.69, 9.17) is 4.74 Å². The van der Waals surface area contributed by atoms with Crippen LogP contribution in [0.5, 0.6) is 0 Å². The quantitative estimate of drug-likeness (QED) is 0.696. The van der Waals surface area contributed by atoms with Crippen molar-refractivity contribution in [1.29, 1.82) is 0 Å². The standard InChI is InChI=1S/C12H24N2O5S/c1-5-19-11(16)10-7-6-8-14(10)20(17,18)13(4)12(2,3)9-15/h10,15H,5-9H2,1-4H3. The van der Waals surface area contributed by atoms with E-state index in [1.165, 1.54) is 11.4 Å². The van der Waals surface area contributed by atoms with Gasteiger partial charge in [-0.05, 0) is 33.6 Å². The summed E-state index contributed by atoms with van der Waals surface area (Å²) in [7, 11) is -2.41. The van der Waals surface area contributed by atoms with Crippen LogP contribution in [-0.2, 0) is 19.7 Å². The van der Waals surface area contributed by atoms with E-state index in [9.17, 15) is 18.3 Å². The summed E-state index contributed by atoms with van der Waals surface area (Å²) in [5.74, 6) is -0.510. The molecule has 1 aliphatic rings. The maximum atomic E-state index is 12.6. The van der Waals surface area contributed by atoms with Gasteiger partial charge in [0.2, 0.25) is 0 Å². The van der Waals surface area contributed by atoms with Crippen LogP contribution in [0.25, 0.3) is 0 Å². The Bertz CT molecular complexity index is 449. The Labute approximate surface area is 120 Å². The van der Waals surface area contributed by atoms with Crippen molar-refractivity contribution >= 4 is 16.2 Å². The van der Waals surface area contributed by atoms with Gasteiger partial charge in [0.25, 0.3) is 10.2 Å². The molecule has 1 fully saturated rings. The number of likely N-dealkylation sites (N-methyl/N-ethyl adjacent to an activating group) is 1. The lowest BCUT2D eigenvalue weighted by Crippen LogP contribution is -2.55. The van der Waals surface area contributed by atoms with E-state index in [1.54, 1.807) is 20.8 Å². The average molecular weight is 308 g/mol. The normalized spacial score (nSPS) is 21.4. The number of aliphatic hydroxyl groups is 1. The first kappa shape index (κ1) is 17.4. The molecule has 1 rings (SSSR count).